The Bertz CT molecular complexity index is 660. The van der Waals surface area contributed by atoms with Crippen molar-refractivity contribution in [3.05, 3.63) is 0 Å². The summed E-state index contributed by atoms with van der Waals surface area (Å²) in [7, 11) is 0. The number of carbonyl (C=O) groups is 1. The molecule has 0 radical (unpaired) electrons. The van der Waals surface area contributed by atoms with Crippen LogP contribution in [0.4, 0.5) is 13.2 Å². The molecule has 5 unspecified atom stereocenters. The molecule has 0 bridgehead atoms. The van der Waals surface area contributed by atoms with Crippen molar-refractivity contribution >= 4 is 5.97 Å². The predicted octanol–water partition coefficient (Wildman–Crippen LogP) is 3.34. The van der Waals surface area contributed by atoms with Crippen molar-refractivity contribution in [2.45, 2.75) is 95.0 Å². The molecule has 0 aromatic carbocycles. The van der Waals surface area contributed by atoms with Gasteiger partial charge in [0.25, 0.3) is 0 Å². The lowest BCUT2D eigenvalue weighted by Gasteiger charge is -2.47. The van der Waals surface area contributed by atoms with E-state index in [-0.39, 0.29) is 24.6 Å². The first-order valence-corrected chi connectivity index (χ1v) is 13.1. The van der Waals surface area contributed by atoms with Gasteiger partial charge in [-0.1, -0.05) is 12.8 Å². The number of carboxylic acids is 1. The number of nitrogens with one attached hydrogen (secondary N) is 2. The van der Waals surface area contributed by atoms with Gasteiger partial charge in [-0.3, -0.25) is 14.8 Å². The van der Waals surface area contributed by atoms with Gasteiger partial charge in [0.2, 0.25) is 0 Å². The van der Waals surface area contributed by atoms with Gasteiger partial charge in [-0.2, -0.15) is 0 Å². The van der Waals surface area contributed by atoms with E-state index in [4.69, 9.17) is 9.84 Å². The number of piperidine rings is 1. The highest BCUT2D eigenvalue weighted by Crippen LogP contribution is 2.34. The van der Waals surface area contributed by atoms with E-state index < -0.39 is 18.4 Å². The Kier molecular flexibility index (Phi) is 9.12. The molecule has 3 N–H and O–H groups in total. The van der Waals surface area contributed by atoms with E-state index in [1.165, 1.54) is 0 Å². The molecule has 0 aromatic heterocycles. The van der Waals surface area contributed by atoms with Crippen molar-refractivity contribution < 1.29 is 32.5 Å². The summed E-state index contributed by atoms with van der Waals surface area (Å²) in [5.74, 6) is 0.116. The van der Waals surface area contributed by atoms with Crippen LogP contribution in [0.5, 0.6) is 0 Å². The van der Waals surface area contributed by atoms with E-state index in [0.29, 0.717) is 37.5 Å². The molecule has 10 heteroatoms. The van der Waals surface area contributed by atoms with Crippen molar-refractivity contribution in [1.29, 1.82) is 0 Å². The lowest BCUT2D eigenvalue weighted by Crippen LogP contribution is -2.65. The van der Waals surface area contributed by atoms with Crippen LogP contribution in [0.2, 0.25) is 0 Å². The zero-order valence-corrected chi connectivity index (χ0v) is 19.9. The lowest BCUT2D eigenvalue weighted by atomic mass is 9.81. The van der Waals surface area contributed by atoms with Crippen molar-refractivity contribution in [3.8, 4) is 0 Å². The van der Waals surface area contributed by atoms with Crippen molar-refractivity contribution in [1.82, 2.24) is 15.5 Å². The molecule has 2 aliphatic carbocycles. The maximum absolute atomic E-state index is 12.7. The lowest BCUT2D eigenvalue weighted by molar-refractivity contribution is -0.352. The van der Waals surface area contributed by atoms with Gasteiger partial charge in [-0.05, 0) is 63.3 Å². The minimum Gasteiger partial charge on any atom is -0.481 e. The molecular formula is C24H40F3N3O4. The van der Waals surface area contributed by atoms with Crippen LogP contribution in [0.25, 0.3) is 0 Å². The molecule has 2 heterocycles. The zero-order chi connectivity index (χ0) is 24.1. The molecule has 2 saturated heterocycles. The molecule has 2 saturated carbocycles. The molecule has 5 atom stereocenters. The summed E-state index contributed by atoms with van der Waals surface area (Å²) in [5, 5.41) is 16.4. The molecule has 4 rings (SSSR count). The predicted molar refractivity (Wildman–Crippen MR) is 120 cm³/mol. The van der Waals surface area contributed by atoms with Gasteiger partial charge in [0.15, 0.2) is 0 Å². The number of ether oxygens (including phenoxy) is 2. The molecule has 4 aliphatic rings. The minimum absolute atomic E-state index is 0.124. The highest BCUT2D eigenvalue weighted by molar-refractivity contribution is 5.66. The average molecular weight is 492 g/mol. The second-order valence-electron chi connectivity index (χ2n) is 10.7. The molecule has 0 amide bonds. The third-order valence-corrected chi connectivity index (χ3v) is 8.31. The second kappa shape index (κ2) is 11.9. The third kappa shape index (κ3) is 7.53. The fourth-order valence-corrected chi connectivity index (χ4v) is 6.40. The normalized spacial score (nSPS) is 37.8. The molecule has 4 fully saturated rings. The Morgan fingerprint density at radius 1 is 1.03 bits per heavy atom. The maximum Gasteiger partial charge on any atom is 0.522 e. The Labute approximate surface area is 200 Å². The van der Waals surface area contributed by atoms with Crippen LogP contribution >= 0.6 is 0 Å². The van der Waals surface area contributed by atoms with E-state index in [9.17, 15) is 18.0 Å². The van der Waals surface area contributed by atoms with Crippen LogP contribution in [-0.4, -0.2) is 79.5 Å². The highest BCUT2D eigenvalue weighted by Gasteiger charge is 2.40. The molecule has 2 aliphatic heterocycles. The van der Waals surface area contributed by atoms with Gasteiger partial charge in [0.05, 0.1) is 31.4 Å². The fourth-order valence-electron chi connectivity index (χ4n) is 6.40. The van der Waals surface area contributed by atoms with E-state index >= 15 is 0 Å². The number of rotatable bonds is 8. The number of halogens is 3. The molecule has 0 spiro atoms. The van der Waals surface area contributed by atoms with E-state index in [1.807, 2.05) is 0 Å². The quantitative estimate of drug-likeness (QED) is 0.480. The summed E-state index contributed by atoms with van der Waals surface area (Å²) in [6, 6.07) is 0.471. The fraction of sp³-hybridized carbons (Fsp3) is 0.958. The van der Waals surface area contributed by atoms with E-state index in [1.54, 1.807) is 0 Å². The number of fused-ring (bicyclic) bond motifs is 1. The number of aliphatic carboxylic acids is 1. The zero-order valence-electron chi connectivity index (χ0n) is 19.9. The number of carboxylic acid groups (broad SMARTS) is 1. The Hall–Kier alpha value is -0.940. The molecule has 0 aromatic rings. The van der Waals surface area contributed by atoms with Crippen molar-refractivity contribution in [2.75, 3.05) is 32.8 Å². The Morgan fingerprint density at radius 3 is 2.53 bits per heavy atom. The molecule has 196 valence electrons. The van der Waals surface area contributed by atoms with Crippen LogP contribution in [0.3, 0.4) is 0 Å². The Morgan fingerprint density at radius 2 is 1.79 bits per heavy atom. The number of nitrogens with zero attached hydrogens (tertiary/aromatic N) is 1. The summed E-state index contributed by atoms with van der Waals surface area (Å²) < 4.78 is 48.6. The highest BCUT2D eigenvalue weighted by atomic mass is 19.4. The van der Waals surface area contributed by atoms with Crippen LogP contribution in [0.15, 0.2) is 0 Å². The number of hydrogen-bond acceptors (Lipinski definition) is 6. The SMILES string of the molecule is O=C(O)CCN1CCC2NC(C3CCC(OCC4CCCCC4OC(F)(F)F)CC3)NCC2C1. The first kappa shape index (κ1) is 26.1. The van der Waals surface area contributed by atoms with Crippen LogP contribution in [0.1, 0.15) is 64.2 Å². The van der Waals surface area contributed by atoms with E-state index in [2.05, 4.69) is 20.3 Å². The van der Waals surface area contributed by atoms with Crippen LogP contribution in [0, 0.1) is 17.8 Å². The smallest absolute Gasteiger partial charge is 0.481 e. The number of alkyl halides is 3. The van der Waals surface area contributed by atoms with Gasteiger partial charge in [0.1, 0.15) is 0 Å². The van der Waals surface area contributed by atoms with Crippen molar-refractivity contribution in [3.63, 3.8) is 0 Å². The van der Waals surface area contributed by atoms with Gasteiger partial charge < -0.3 is 20.1 Å². The number of hydrogen-bond donors (Lipinski definition) is 3. The molecule has 7 nitrogen and oxygen atoms in total. The maximum atomic E-state index is 12.7. The van der Waals surface area contributed by atoms with Gasteiger partial charge >= 0.3 is 12.3 Å². The summed E-state index contributed by atoms with van der Waals surface area (Å²) in [4.78, 5) is 13.1. The first-order chi connectivity index (χ1) is 16.3. The van der Waals surface area contributed by atoms with Gasteiger partial charge in [-0.15, -0.1) is 13.2 Å². The summed E-state index contributed by atoms with van der Waals surface area (Å²) in [6.45, 7) is 3.80. The van der Waals surface area contributed by atoms with Crippen molar-refractivity contribution in [2.24, 2.45) is 17.8 Å². The first-order valence-electron chi connectivity index (χ1n) is 13.1. The summed E-state index contributed by atoms with van der Waals surface area (Å²) in [6.07, 6.45) is 3.20. The summed E-state index contributed by atoms with van der Waals surface area (Å²) >= 11 is 0. The summed E-state index contributed by atoms with van der Waals surface area (Å²) in [5.41, 5.74) is 0. The van der Waals surface area contributed by atoms with Crippen LogP contribution < -0.4 is 10.6 Å². The standard InChI is InChI=1S/C24H40F3N3O4/c25-24(26,27)34-21-4-2-1-3-17(21)15-33-19-7-5-16(6-8-19)23-28-13-18-14-30(12-10-22(31)32)11-9-20(18)29-23/h16-21,23,28-29H,1-15H2,(H,31,32). The number of likely N-dealkylation sites (tertiary alicyclic amines) is 1. The third-order valence-electron chi connectivity index (χ3n) is 8.31. The van der Waals surface area contributed by atoms with Gasteiger partial charge in [-0.25, -0.2) is 0 Å². The second-order valence-corrected chi connectivity index (χ2v) is 10.7. The average Bonchev–Trinajstić information content (AvgIpc) is 2.81. The topological polar surface area (TPSA) is 83.1 Å². The monoisotopic (exact) mass is 491 g/mol. The van der Waals surface area contributed by atoms with Crippen LogP contribution in [-0.2, 0) is 14.3 Å². The molecule has 34 heavy (non-hydrogen) atoms. The Balaban J connectivity index is 1.16. The molecular weight excluding hydrogens is 451 g/mol. The van der Waals surface area contributed by atoms with E-state index in [0.717, 1.165) is 71.0 Å². The minimum atomic E-state index is -4.58. The largest absolute Gasteiger partial charge is 0.522 e. The van der Waals surface area contributed by atoms with Gasteiger partial charge in [0, 0.05) is 31.6 Å².